The molecule has 2 amide bonds. The average Bonchev–Trinajstić information content (AvgIpc) is 2.48. The van der Waals surface area contributed by atoms with E-state index in [0.29, 0.717) is 23.9 Å². The average molecular weight is 297 g/mol. The Bertz CT molecular complexity index is 494. The van der Waals surface area contributed by atoms with Crippen molar-refractivity contribution in [2.24, 2.45) is 0 Å². The summed E-state index contributed by atoms with van der Waals surface area (Å²) in [6.07, 6.45) is 1.46. The zero-order chi connectivity index (χ0) is 14.5. The van der Waals surface area contributed by atoms with Crippen molar-refractivity contribution in [3.63, 3.8) is 0 Å². The molecule has 1 aliphatic rings. The van der Waals surface area contributed by atoms with Crippen LogP contribution in [0.15, 0.2) is 18.3 Å². The van der Waals surface area contributed by atoms with E-state index in [-0.39, 0.29) is 0 Å². The summed E-state index contributed by atoms with van der Waals surface area (Å²) in [6, 6.07) is 2.05. The molecule has 2 heterocycles. The minimum absolute atomic E-state index is 0.406. The van der Waals surface area contributed by atoms with E-state index in [1.807, 2.05) is 0 Å². The zero-order valence-electron chi connectivity index (χ0n) is 10.9. The van der Waals surface area contributed by atoms with Gasteiger partial charge in [0.2, 0.25) is 5.88 Å². The first-order valence-electron chi connectivity index (χ1n) is 6.00. The summed E-state index contributed by atoms with van der Waals surface area (Å²) >= 11 is 1.53. The summed E-state index contributed by atoms with van der Waals surface area (Å²) in [5, 5.41) is 11.8. The SMILES string of the molecule is COc1ccc(NC(=O)N2CCSCC2C(=O)O)cn1. The molecule has 0 bridgehead atoms. The van der Waals surface area contributed by atoms with Gasteiger partial charge >= 0.3 is 12.0 Å². The predicted molar refractivity (Wildman–Crippen MR) is 75.3 cm³/mol. The molecule has 8 heteroatoms. The van der Waals surface area contributed by atoms with E-state index in [0.717, 1.165) is 5.75 Å². The number of urea groups is 1. The van der Waals surface area contributed by atoms with Gasteiger partial charge in [-0.1, -0.05) is 0 Å². The molecule has 1 aromatic rings. The molecular formula is C12H15N3O4S. The normalized spacial score (nSPS) is 18.4. The minimum Gasteiger partial charge on any atom is -0.481 e. The Morgan fingerprint density at radius 2 is 2.35 bits per heavy atom. The fraction of sp³-hybridized carbons (Fsp3) is 0.417. The standard InChI is InChI=1S/C12H15N3O4S/c1-19-10-3-2-8(6-13-10)14-12(18)15-4-5-20-7-9(15)11(16)17/h2-3,6,9H,4-5,7H2,1H3,(H,14,18)(H,16,17). The topological polar surface area (TPSA) is 91.8 Å². The maximum Gasteiger partial charge on any atom is 0.327 e. The third-order valence-electron chi connectivity index (χ3n) is 2.87. The molecule has 1 saturated heterocycles. The molecule has 0 aromatic carbocycles. The van der Waals surface area contributed by atoms with Crippen LogP contribution in [-0.2, 0) is 4.79 Å². The number of aromatic nitrogens is 1. The van der Waals surface area contributed by atoms with Crippen molar-refractivity contribution >= 4 is 29.4 Å². The molecule has 1 unspecified atom stereocenters. The van der Waals surface area contributed by atoms with Crippen LogP contribution in [0.25, 0.3) is 0 Å². The van der Waals surface area contributed by atoms with Crippen molar-refractivity contribution in [1.82, 2.24) is 9.88 Å². The van der Waals surface area contributed by atoms with Gasteiger partial charge in [0.05, 0.1) is 19.0 Å². The smallest absolute Gasteiger partial charge is 0.327 e. The van der Waals surface area contributed by atoms with Crippen LogP contribution in [0.4, 0.5) is 10.5 Å². The number of aliphatic carboxylic acids is 1. The van der Waals surface area contributed by atoms with E-state index in [4.69, 9.17) is 9.84 Å². The first-order chi connectivity index (χ1) is 9.61. The summed E-state index contributed by atoms with van der Waals surface area (Å²) in [6.45, 7) is 0.414. The molecule has 2 rings (SSSR count). The number of amides is 2. The van der Waals surface area contributed by atoms with Crippen LogP contribution in [0.1, 0.15) is 0 Å². The monoisotopic (exact) mass is 297 g/mol. The van der Waals surface area contributed by atoms with Crippen molar-refractivity contribution in [3.05, 3.63) is 18.3 Å². The first kappa shape index (κ1) is 14.4. The second-order valence-electron chi connectivity index (χ2n) is 4.14. The van der Waals surface area contributed by atoms with E-state index in [1.54, 1.807) is 12.1 Å². The largest absolute Gasteiger partial charge is 0.481 e. The Morgan fingerprint density at radius 3 is 2.95 bits per heavy atom. The van der Waals surface area contributed by atoms with Gasteiger partial charge in [0.25, 0.3) is 0 Å². The number of nitrogens with one attached hydrogen (secondary N) is 1. The number of carbonyl (C=O) groups excluding carboxylic acids is 1. The van der Waals surface area contributed by atoms with Crippen LogP contribution in [0, 0.1) is 0 Å². The third-order valence-corrected chi connectivity index (χ3v) is 3.89. The van der Waals surface area contributed by atoms with E-state index in [1.165, 1.54) is 30.0 Å². The van der Waals surface area contributed by atoms with E-state index < -0.39 is 18.0 Å². The number of ether oxygens (including phenoxy) is 1. The van der Waals surface area contributed by atoms with Crippen LogP contribution >= 0.6 is 11.8 Å². The molecule has 1 aliphatic heterocycles. The summed E-state index contributed by atoms with van der Waals surface area (Å²) in [5.74, 6) is 0.600. The summed E-state index contributed by atoms with van der Waals surface area (Å²) in [7, 11) is 1.50. The predicted octanol–water partition coefficient (Wildman–Crippen LogP) is 1.12. The summed E-state index contributed by atoms with van der Waals surface area (Å²) < 4.78 is 4.92. The Balaban J connectivity index is 2.03. The number of hydrogen-bond donors (Lipinski definition) is 2. The number of carbonyl (C=O) groups is 2. The van der Waals surface area contributed by atoms with Gasteiger partial charge in [-0.15, -0.1) is 0 Å². The van der Waals surface area contributed by atoms with E-state index >= 15 is 0 Å². The number of thioether (sulfide) groups is 1. The highest BCUT2D eigenvalue weighted by Crippen LogP contribution is 2.18. The molecule has 2 N–H and O–H groups in total. The van der Waals surface area contributed by atoms with Crippen LogP contribution < -0.4 is 10.1 Å². The number of hydrogen-bond acceptors (Lipinski definition) is 5. The first-order valence-corrected chi connectivity index (χ1v) is 7.15. The number of rotatable bonds is 3. The number of carboxylic acid groups (broad SMARTS) is 1. The van der Waals surface area contributed by atoms with Crippen LogP contribution in [0.3, 0.4) is 0 Å². The Labute approximate surface area is 120 Å². The fourth-order valence-electron chi connectivity index (χ4n) is 1.82. The van der Waals surface area contributed by atoms with Gasteiger partial charge in [-0.05, 0) is 6.07 Å². The zero-order valence-corrected chi connectivity index (χ0v) is 11.7. The van der Waals surface area contributed by atoms with E-state index in [2.05, 4.69) is 10.3 Å². The van der Waals surface area contributed by atoms with Crippen molar-refractivity contribution in [3.8, 4) is 5.88 Å². The van der Waals surface area contributed by atoms with Crippen LogP contribution in [0.2, 0.25) is 0 Å². The van der Waals surface area contributed by atoms with Gasteiger partial charge < -0.3 is 20.1 Å². The van der Waals surface area contributed by atoms with Gasteiger partial charge in [-0.3, -0.25) is 0 Å². The highest BCUT2D eigenvalue weighted by molar-refractivity contribution is 7.99. The van der Waals surface area contributed by atoms with Crippen LogP contribution in [-0.4, -0.2) is 58.2 Å². The number of pyridine rings is 1. The number of nitrogens with zero attached hydrogens (tertiary/aromatic N) is 2. The summed E-state index contributed by atoms with van der Waals surface area (Å²) in [5.41, 5.74) is 0.498. The van der Waals surface area contributed by atoms with Gasteiger partial charge in [-0.2, -0.15) is 11.8 Å². The molecule has 0 aliphatic carbocycles. The highest BCUT2D eigenvalue weighted by atomic mass is 32.2. The highest BCUT2D eigenvalue weighted by Gasteiger charge is 2.32. The molecule has 0 radical (unpaired) electrons. The van der Waals surface area contributed by atoms with Crippen molar-refractivity contribution in [2.45, 2.75) is 6.04 Å². The quantitative estimate of drug-likeness (QED) is 0.869. The molecule has 108 valence electrons. The maximum absolute atomic E-state index is 12.1. The third kappa shape index (κ3) is 3.32. The molecule has 1 fully saturated rings. The van der Waals surface area contributed by atoms with Gasteiger partial charge in [0.15, 0.2) is 0 Å². The lowest BCUT2D eigenvalue weighted by Crippen LogP contribution is -2.51. The second-order valence-corrected chi connectivity index (χ2v) is 5.29. The van der Waals surface area contributed by atoms with Gasteiger partial charge in [0, 0.05) is 24.1 Å². The minimum atomic E-state index is -0.986. The van der Waals surface area contributed by atoms with E-state index in [9.17, 15) is 9.59 Å². The van der Waals surface area contributed by atoms with Crippen LogP contribution in [0.5, 0.6) is 5.88 Å². The lowest BCUT2D eigenvalue weighted by Gasteiger charge is -2.32. The van der Waals surface area contributed by atoms with Crippen molar-refractivity contribution < 1.29 is 19.4 Å². The maximum atomic E-state index is 12.1. The number of carboxylic acids is 1. The fourth-order valence-corrected chi connectivity index (χ4v) is 2.86. The van der Waals surface area contributed by atoms with Crippen molar-refractivity contribution in [2.75, 3.05) is 30.5 Å². The van der Waals surface area contributed by atoms with Crippen molar-refractivity contribution in [1.29, 1.82) is 0 Å². The molecule has 0 saturated carbocycles. The Morgan fingerprint density at radius 1 is 1.55 bits per heavy atom. The Hall–Kier alpha value is -1.96. The molecule has 0 spiro atoms. The number of methoxy groups -OCH3 is 1. The number of anilines is 1. The van der Waals surface area contributed by atoms with Gasteiger partial charge in [-0.25, -0.2) is 14.6 Å². The lowest BCUT2D eigenvalue weighted by atomic mass is 10.3. The Kier molecular flexibility index (Phi) is 4.67. The molecule has 1 aromatic heterocycles. The van der Waals surface area contributed by atoms with Gasteiger partial charge in [0.1, 0.15) is 6.04 Å². The summed E-state index contributed by atoms with van der Waals surface area (Å²) in [4.78, 5) is 28.6. The lowest BCUT2D eigenvalue weighted by molar-refractivity contribution is -0.141. The second kappa shape index (κ2) is 6.47. The molecule has 7 nitrogen and oxygen atoms in total. The molecule has 1 atom stereocenters. The molecule has 20 heavy (non-hydrogen) atoms. The molecular weight excluding hydrogens is 282 g/mol.